The molecule has 4 rings (SSSR count). The Kier molecular flexibility index (Phi) is 5.34. The fraction of sp³-hybridized carbons (Fsp3) is 0.368. The molecule has 1 aliphatic rings. The van der Waals surface area contributed by atoms with Crippen molar-refractivity contribution in [2.24, 2.45) is 5.73 Å². The lowest BCUT2D eigenvalue weighted by Gasteiger charge is -2.20. The molecule has 3 aromatic rings. The molecule has 1 aliphatic heterocycles. The van der Waals surface area contributed by atoms with Gasteiger partial charge in [0.05, 0.1) is 11.4 Å². The van der Waals surface area contributed by atoms with Crippen LogP contribution in [0, 0.1) is 12.7 Å². The molecule has 0 aliphatic carbocycles. The van der Waals surface area contributed by atoms with Gasteiger partial charge in [0.2, 0.25) is 17.2 Å². The van der Waals surface area contributed by atoms with Crippen LogP contribution in [-0.2, 0) is 4.79 Å². The van der Waals surface area contributed by atoms with Gasteiger partial charge < -0.3 is 21.1 Å². The predicted octanol–water partition coefficient (Wildman–Crippen LogP) is -0.0435. The van der Waals surface area contributed by atoms with Gasteiger partial charge in [-0.15, -0.1) is 0 Å². The Morgan fingerprint density at radius 3 is 2.75 bits per heavy atom. The Morgan fingerprint density at radius 1 is 1.38 bits per heavy atom. The number of amides is 1. The summed E-state index contributed by atoms with van der Waals surface area (Å²) in [7, 11) is 0. The molecule has 1 fully saturated rings. The number of carboxylic acid groups (broad SMARTS) is 1. The van der Waals surface area contributed by atoms with Gasteiger partial charge in [-0.2, -0.15) is 0 Å². The molecule has 13 heteroatoms. The molecule has 0 unspecified atom stereocenters. The Hall–Kier alpha value is -3.87. The van der Waals surface area contributed by atoms with E-state index in [0.717, 1.165) is 12.3 Å². The van der Waals surface area contributed by atoms with E-state index >= 15 is 4.39 Å². The molecule has 12 nitrogen and oxygen atoms in total. The van der Waals surface area contributed by atoms with Crippen LogP contribution in [-0.4, -0.2) is 62.0 Å². The van der Waals surface area contributed by atoms with Gasteiger partial charge in [0, 0.05) is 25.3 Å². The number of hydrogen-bond acceptors (Lipinski definition) is 9. The first kappa shape index (κ1) is 21.4. The van der Waals surface area contributed by atoms with Crippen molar-refractivity contribution in [1.29, 1.82) is 0 Å². The maximum absolute atomic E-state index is 15.0. The van der Waals surface area contributed by atoms with Gasteiger partial charge in [-0.05, 0) is 31.5 Å². The molecule has 0 bridgehead atoms. The second-order valence-electron chi connectivity index (χ2n) is 7.61. The second-order valence-corrected chi connectivity index (χ2v) is 7.61. The SMILES string of the molecule is Cc1nonc1-n1cc(C(=O)O)c(=O)c2cc(F)c(N3CC[C@H](NC(=O)[C@H](C)N)C3)nc21. The van der Waals surface area contributed by atoms with Crippen molar-refractivity contribution in [1.82, 2.24) is 25.2 Å². The van der Waals surface area contributed by atoms with E-state index in [-0.39, 0.29) is 41.2 Å². The zero-order valence-electron chi connectivity index (χ0n) is 17.2. The first-order valence-corrected chi connectivity index (χ1v) is 9.77. The maximum Gasteiger partial charge on any atom is 0.341 e. The molecule has 0 radical (unpaired) electrons. The number of rotatable bonds is 5. The van der Waals surface area contributed by atoms with Gasteiger partial charge in [0.15, 0.2) is 17.3 Å². The lowest BCUT2D eigenvalue weighted by Crippen LogP contribution is -2.45. The highest BCUT2D eigenvalue weighted by molar-refractivity contribution is 5.92. The number of hydrogen-bond donors (Lipinski definition) is 3. The molecule has 168 valence electrons. The number of pyridine rings is 2. The first-order valence-electron chi connectivity index (χ1n) is 9.77. The number of carboxylic acids is 1. The predicted molar refractivity (Wildman–Crippen MR) is 109 cm³/mol. The number of anilines is 1. The summed E-state index contributed by atoms with van der Waals surface area (Å²) in [6.07, 6.45) is 1.61. The Balaban J connectivity index is 1.82. The minimum absolute atomic E-state index is 0.00161. The number of fused-ring (bicyclic) bond motifs is 1. The van der Waals surface area contributed by atoms with E-state index in [1.54, 1.807) is 18.7 Å². The monoisotopic (exact) mass is 445 g/mol. The smallest absolute Gasteiger partial charge is 0.341 e. The molecular formula is C19H20FN7O5. The summed E-state index contributed by atoms with van der Waals surface area (Å²) in [5, 5.41) is 19.4. The molecular weight excluding hydrogens is 425 g/mol. The maximum atomic E-state index is 15.0. The van der Waals surface area contributed by atoms with E-state index in [1.807, 2.05) is 0 Å². The van der Waals surface area contributed by atoms with Crippen LogP contribution in [0.25, 0.3) is 16.9 Å². The Bertz CT molecular complexity index is 1290. The van der Waals surface area contributed by atoms with Gasteiger partial charge >= 0.3 is 5.97 Å². The molecule has 3 aromatic heterocycles. The van der Waals surface area contributed by atoms with Crippen LogP contribution < -0.4 is 21.4 Å². The van der Waals surface area contributed by atoms with Crippen molar-refractivity contribution in [2.45, 2.75) is 32.4 Å². The summed E-state index contributed by atoms with van der Waals surface area (Å²) in [4.78, 5) is 42.1. The largest absolute Gasteiger partial charge is 0.477 e. The van der Waals surface area contributed by atoms with E-state index < -0.39 is 28.8 Å². The lowest BCUT2D eigenvalue weighted by molar-refractivity contribution is -0.122. The van der Waals surface area contributed by atoms with Gasteiger partial charge in [-0.1, -0.05) is 5.16 Å². The molecule has 1 amide bonds. The standard InChI is InChI=1S/C19H20FN7O5/c1-8(21)18(29)22-10-3-4-26(6-10)17-13(20)5-11-14(28)12(19(30)31)7-27(16(11)23-17)15-9(2)24-32-25-15/h5,7-8,10H,3-4,6,21H2,1-2H3,(H,22,29)(H,30,31)/t8-,10-/m0/s1. The molecule has 4 N–H and O–H groups in total. The number of carbonyl (C=O) groups excluding carboxylic acids is 1. The highest BCUT2D eigenvalue weighted by Crippen LogP contribution is 2.26. The molecule has 1 saturated heterocycles. The molecule has 0 saturated carbocycles. The molecule has 0 spiro atoms. The number of carbonyl (C=O) groups is 2. The summed E-state index contributed by atoms with van der Waals surface area (Å²) in [6, 6.07) is 0.0420. The van der Waals surface area contributed by atoms with Crippen LogP contribution in [0.1, 0.15) is 29.4 Å². The van der Waals surface area contributed by atoms with E-state index in [4.69, 9.17) is 10.4 Å². The van der Waals surface area contributed by atoms with Crippen LogP contribution in [0.2, 0.25) is 0 Å². The van der Waals surface area contributed by atoms with E-state index in [2.05, 4.69) is 20.6 Å². The van der Waals surface area contributed by atoms with E-state index in [0.29, 0.717) is 18.7 Å². The van der Waals surface area contributed by atoms with E-state index in [9.17, 15) is 19.5 Å². The van der Waals surface area contributed by atoms with Gasteiger partial charge in [0.1, 0.15) is 11.3 Å². The normalized spacial score (nSPS) is 17.0. The number of aromatic nitrogens is 4. The van der Waals surface area contributed by atoms with Crippen molar-refractivity contribution >= 4 is 28.7 Å². The molecule has 0 aromatic carbocycles. The number of nitrogens with two attached hydrogens (primary N) is 1. The average molecular weight is 445 g/mol. The minimum Gasteiger partial charge on any atom is -0.477 e. The minimum atomic E-state index is -1.48. The van der Waals surface area contributed by atoms with Crippen LogP contribution in [0.4, 0.5) is 10.2 Å². The van der Waals surface area contributed by atoms with Crippen LogP contribution in [0.15, 0.2) is 21.7 Å². The molecule has 4 heterocycles. The number of aryl methyl sites for hydroxylation is 1. The first-order chi connectivity index (χ1) is 15.2. The summed E-state index contributed by atoms with van der Waals surface area (Å²) < 4.78 is 20.9. The van der Waals surface area contributed by atoms with Crippen molar-refractivity contribution in [2.75, 3.05) is 18.0 Å². The summed E-state index contributed by atoms with van der Waals surface area (Å²) in [5.74, 6) is -2.51. The zero-order valence-corrected chi connectivity index (χ0v) is 17.2. The third-order valence-corrected chi connectivity index (χ3v) is 5.25. The van der Waals surface area contributed by atoms with Gasteiger partial charge in [0.25, 0.3) is 0 Å². The quantitative estimate of drug-likeness (QED) is 0.484. The van der Waals surface area contributed by atoms with Crippen LogP contribution in [0.5, 0.6) is 0 Å². The Morgan fingerprint density at radius 2 is 2.12 bits per heavy atom. The van der Waals surface area contributed by atoms with Crippen LogP contribution >= 0.6 is 0 Å². The fourth-order valence-corrected chi connectivity index (χ4v) is 3.60. The van der Waals surface area contributed by atoms with Gasteiger partial charge in [-0.3, -0.25) is 14.2 Å². The molecule has 32 heavy (non-hydrogen) atoms. The van der Waals surface area contributed by atoms with Gasteiger partial charge in [-0.25, -0.2) is 18.8 Å². The van der Waals surface area contributed by atoms with Crippen molar-refractivity contribution in [3.05, 3.63) is 39.6 Å². The third kappa shape index (κ3) is 3.66. The topological polar surface area (TPSA) is 169 Å². The molecule has 2 atom stereocenters. The Labute approximate surface area is 179 Å². The van der Waals surface area contributed by atoms with Crippen LogP contribution in [0.3, 0.4) is 0 Å². The highest BCUT2D eigenvalue weighted by atomic mass is 19.1. The fourth-order valence-electron chi connectivity index (χ4n) is 3.60. The second kappa shape index (κ2) is 8.00. The average Bonchev–Trinajstić information content (AvgIpc) is 3.37. The van der Waals surface area contributed by atoms with E-state index in [1.165, 1.54) is 4.57 Å². The number of aromatic carboxylic acids is 1. The third-order valence-electron chi connectivity index (χ3n) is 5.25. The van der Waals surface area contributed by atoms with Crippen molar-refractivity contribution < 1.29 is 23.7 Å². The van der Waals surface area contributed by atoms with Crippen molar-refractivity contribution in [3.63, 3.8) is 0 Å². The number of nitrogens with one attached hydrogen (secondary N) is 1. The summed E-state index contributed by atoms with van der Waals surface area (Å²) in [5.41, 5.74) is 4.44. The summed E-state index contributed by atoms with van der Waals surface area (Å²) >= 11 is 0. The van der Waals surface area contributed by atoms with Crippen molar-refractivity contribution in [3.8, 4) is 5.82 Å². The summed E-state index contributed by atoms with van der Waals surface area (Å²) in [6.45, 7) is 3.84. The zero-order chi connectivity index (χ0) is 23.2. The number of nitrogens with zero attached hydrogens (tertiary/aromatic N) is 5. The lowest BCUT2D eigenvalue weighted by atomic mass is 10.2. The highest BCUT2D eigenvalue weighted by Gasteiger charge is 2.29. The number of halogens is 1.